The van der Waals surface area contributed by atoms with Crippen molar-refractivity contribution in [2.24, 2.45) is 0 Å². The van der Waals surface area contributed by atoms with Crippen LogP contribution in [0, 0.1) is 6.92 Å². The fraction of sp³-hybridized carbons (Fsp3) is 0.409. The van der Waals surface area contributed by atoms with Crippen molar-refractivity contribution in [3.63, 3.8) is 0 Å². The standard InChI is InChI=1S/C22H26N4O3/c1-15-24-25(14-21(27)23-11-10-16-6-4-3-5-7-16)22(28)20-13-17-12-18(29-2)8-9-19(17)26(15)20/h6,8-9,12-13H,3-5,7,10-11,14H2,1-2H3,(H,23,27). The Labute approximate surface area is 169 Å². The van der Waals surface area contributed by atoms with Gasteiger partial charge in [-0.05, 0) is 63.3 Å². The largest absolute Gasteiger partial charge is 0.497 e. The van der Waals surface area contributed by atoms with Crippen LogP contribution < -0.4 is 15.6 Å². The third kappa shape index (κ3) is 3.90. The Bertz CT molecular complexity index is 1160. The number of allylic oxidation sites excluding steroid dienone is 1. The van der Waals surface area contributed by atoms with Gasteiger partial charge in [-0.2, -0.15) is 5.10 Å². The van der Waals surface area contributed by atoms with Crippen molar-refractivity contribution in [3.05, 3.63) is 52.1 Å². The van der Waals surface area contributed by atoms with Gasteiger partial charge in [0, 0.05) is 11.9 Å². The van der Waals surface area contributed by atoms with E-state index < -0.39 is 0 Å². The van der Waals surface area contributed by atoms with Crippen molar-refractivity contribution in [1.29, 1.82) is 0 Å². The second kappa shape index (κ2) is 8.11. The van der Waals surface area contributed by atoms with Gasteiger partial charge >= 0.3 is 0 Å². The van der Waals surface area contributed by atoms with Gasteiger partial charge in [-0.3, -0.25) is 14.0 Å². The molecule has 0 fully saturated rings. The first-order valence-electron chi connectivity index (χ1n) is 10.1. The fourth-order valence-electron chi connectivity index (χ4n) is 4.02. The summed E-state index contributed by atoms with van der Waals surface area (Å²) in [6.07, 6.45) is 7.91. The highest BCUT2D eigenvalue weighted by molar-refractivity contribution is 5.88. The van der Waals surface area contributed by atoms with Crippen LogP contribution in [0.25, 0.3) is 16.4 Å². The first-order valence-corrected chi connectivity index (χ1v) is 10.1. The summed E-state index contributed by atoms with van der Waals surface area (Å²) >= 11 is 0. The van der Waals surface area contributed by atoms with E-state index in [1.165, 1.54) is 23.1 Å². The second-order valence-electron chi connectivity index (χ2n) is 7.51. The Kier molecular flexibility index (Phi) is 5.38. The van der Waals surface area contributed by atoms with Crippen molar-refractivity contribution in [2.75, 3.05) is 13.7 Å². The van der Waals surface area contributed by atoms with Crippen molar-refractivity contribution in [3.8, 4) is 5.75 Å². The van der Waals surface area contributed by atoms with Gasteiger partial charge in [-0.15, -0.1) is 0 Å². The Morgan fingerprint density at radius 2 is 2.10 bits per heavy atom. The third-order valence-electron chi connectivity index (χ3n) is 5.50. The van der Waals surface area contributed by atoms with Gasteiger partial charge in [-0.25, -0.2) is 4.68 Å². The van der Waals surface area contributed by atoms with Crippen LogP contribution >= 0.6 is 0 Å². The van der Waals surface area contributed by atoms with E-state index in [4.69, 9.17) is 4.74 Å². The lowest BCUT2D eigenvalue weighted by Gasteiger charge is -2.13. The number of aryl methyl sites for hydroxylation is 1. The zero-order chi connectivity index (χ0) is 20.4. The molecule has 152 valence electrons. The minimum Gasteiger partial charge on any atom is -0.497 e. The van der Waals surface area contributed by atoms with Crippen LogP contribution in [0.4, 0.5) is 0 Å². The zero-order valence-corrected chi connectivity index (χ0v) is 16.9. The maximum absolute atomic E-state index is 12.9. The van der Waals surface area contributed by atoms with E-state index in [0.717, 1.165) is 35.9 Å². The van der Waals surface area contributed by atoms with Crippen LogP contribution in [-0.4, -0.2) is 33.7 Å². The molecule has 0 saturated heterocycles. The highest BCUT2D eigenvalue weighted by Crippen LogP contribution is 2.24. The zero-order valence-electron chi connectivity index (χ0n) is 16.9. The lowest BCUT2D eigenvalue weighted by Crippen LogP contribution is -2.35. The van der Waals surface area contributed by atoms with Crippen molar-refractivity contribution >= 4 is 22.3 Å². The van der Waals surface area contributed by atoms with E-state index in [1.54, 1.807) is 7.11 Å². The Morgan fingerprint density at radius 1 is 1.24 bits per heavy atom. The Morgan fingerprint density at radius 3 is 2.86 bits per heavy atom. The van der Waals surface area contributed by atoms with Gasteiger partial charge in [0.25, 0.3) is 5.56 Å². The van der Waals surface area contributed by atoms with Crippen molar-refractivity contribution < 1.29 is 9.53 Å². The van der Waals surface area contributed by atoms with E-state index >= 15 is 0 Å². The van der Waals surface area contributed by atoms with E-state index in [-0.39, 0.29) is 18.0 Å². The molecule has 3 aromatic rings. The summed E-state index contributed by atoms with van der Waals surface area (Å²) in [7, 11) is 1.61. The fourth-order valence-corrected chi connectivity index (χ4v) is 4.02. The molecule has 7 nitrogen and oxygen atoms in total. The topological polar surface area (TPSA) is 77.6 Å². The van der Waals surface area contributed by atoms with Crippen LogP contribution in [0.1, 0.15) is 37.9 Å². The van der Waals surface area contributed by atoms with Gasteiger partial charge in [0.05, 0.1) is 12.6 Å². The van der Waals surface area contributed by atoms with Gasteiger partial charge < -0.3 is 10.1 Å². The quantitative estimate of drug-likeness (QED) is 0.652. The molecule has 1 aliphatic rings. The molecule has 2 heterocycles. The number of amides is 1. The van der Waals surface area contributed by atoms with Crippen LogP contribution in [0.15, 0.2) is 40.7 Å². The number of aromatic nitrogens is 3. The summed E-state index contributed by atoms with van der Waals surface area (Å²) in [4.78, 5) is 25.3. The van der Waals surface area contributed by atoms with E-state index in [0.29, 0.717) is 17.9 Å². The molecule has 0 radical (unpaired) electrons. The smallest absolute Gasteiger partial charge is 0.291 e. The number of hydrogen-bond acceptors (Lipinski definition) is 4. The van der Waals surface area contributed by atoms with Crippen LogP contribution in [0.5, 0.6) is 5.75 Å². The van der Waals surface area contributed by atoms with E-state index in [1.807, 2.05) is 35.6 Å². The molecule has 0 saturated carbocycles. The maximum atomic E-state index is 12.9. The molecule has 7 heteroatoms. The maximum Gasteiger partial charge on any atom is 0.291 e. The van der Waals surface area contributed by atoms with Crippen LogP contribution in [0.2, 0.25) is 0 Å². The lowest BCUT2D eigenvalue weighted by molar-refractivity contribution is -0.121. The predicted molar refractivity (Wildman–Crippen MR) is 112 cm³/mol. The number of fused-ring (bicyclic) bond motifs is 3. The second-order valence-corrected chi connectivity index (χ2v) is 7.51. The van der Waals surface area contributed by atoms with Crippen LogP contribution in [-0.2, 0) is 11.3 Å². The number of carbonyl (C=O) groups is 1. The highest BCUT2D eigenvalue weighted by Gasteiger charge is 2.14. The number of methoxy groups -OCH3 is 1. The van der Waals surface area contributed by atoms with Gasteiger partial charge in [0.15, 0.2) is 0 Å². The molecule has 0 unspecified atom stereocenters. The molecule has 0 aliphatic heterocycles. The molecular weight excluding hydrogens is 368 g/mol. The molecular formula is C22H26N4O3. The van der Waals surface area contributed by atoms with Crippen molar-refractivity contribution in [1.82, 2.24) is 19.5 Å². The highest BCUT2D eigenvalue weighted by atomic mass is 16.5. The molecule has 1 aliphatic carbocycles. The summed E-state index contributed by atoms with van der Waals surface area (Å²) in [5.74, 6) is 1.18. The first kappa shape index (κ1) is 19.2. The van der Waals surface area contributed by atoms with Gasteiger partial charge in [-0.1, -0.05) is 11.6 Å². The van der Waals surface area contributed by atoms with Crippen LogP contribution in [0.3, 0.4) is 0 Å². The normalized spacial score (nSPS) is 14.2. The summed E-state index contributed by atoms with van der Waals surface area (Å²) in [6.45, 7) is 2.34. The van der Waals surface area contributed by atoms with Gasteiger partial charge in [0.2, 0.25) is 5.91 Å². The molecule has 1 aromatic carbocycles. The molecule has 4 rings (SSSR count). The number of nitrogens with zero attached hydrogens (tertiary/aromatic N) is 3. The molecule has 0 bridgehead atoms. The van der Waals surface area contributed by atoms with Crippen molar-refractivity contribution in [2.45, 2.75) is 45.6 Å². The summed E-state index contributed by atoms with van der Waals surface area (Å²) in [5.41, 5.74) is 2.52. The average molecular weight is 394 g/mol. The number of hydrogen-bond donors (Lipinski definition) is 1. The molecule has 29 heavy (non-hydrogen) atoms. The average Bonchev–Trinajstić information content (AvgIpc) is 3.12. The number of ether oxygens (including phenoxy) is 1. The molecule has 1 N–H and O–H groups in total. The predicted octanol–water partition coefficient (Wildman–Crippen LogP) is 2.97. The lowest BCUT2D eigenvalue weighted by atomic mass is 9.97. The molecule has 2 aromatic heterocycles. The monoisotopic (exact) mass is 394 g/mol. The third-order valence-corrected chi connectivity index (χ3v) is 5.50. The summed E-state index contributed by atoms with van der Waals surface area (Å²) in [5, 5.41) is 8.18. The number of rotatable bonds is 6. The minimum absolute atomic E-state index is 0.0833. The van der Waals surface area contributed by atoms with E-state index in [2.05, 4.69) is 16.5 Å². The molecule has 0 atom stereocenters. The minimum atomic E-state index is -0.282. The van der Waals surface area contributed by atoms with E-state index in [9.17, 15) is 9.59 Å². The summed E-state index contributed by atoms with van der Waals surface area (Å²) < 4.78 is 8.34. The number of nitrogens with one attached hydrogen (secondary N) is 1. The summed E-state index contributed by atoms with van der Waals surface area (Å²) in [6, 6.07) is 7.47. The molecule has 0 spiro atoms. The SMILES string of the molecule is COc1ccc2c(c1)cc1c(=O)n(CC(=O)NCCC3=CCCCC3)nc(C)n12. The molecule has 1 amide bonds. The number of benzene rings is 1. The Balaban J connectivity index is 1.53. The first-order chi connectivity index (χ1) is 14.1. The Hall–Kier alpha value is -3.09. The van der Waals surface area contributed by atoms with Gasteiger partial charge in [0.1, 0.15) is 23.6 Å². The number of carbonyl (C=O) groups excluding carboxylic acids is 1.